The second-order valence-electron chi connectivity index (χ2n) is 5.28. The number of hydrogen-bond acceptors (Lipinski definition) is 5. The van der Waals surface area contributed by atoms with Crippen molar-refractivity contribution in [2.45, 2.75) is 19.3 Å². The molecule has 0 unspecified atom stereocenters. The molecular weight excluding hydrogens is 264 g/mol. The van der Waals surface area contributed by atoms with Gasteiger partial charge >= 0.3 is 0 Å². The van der Waals surface area contributed by atoms with Crippen molar-refractivity contribution in [2.24, 2.45) is 0 Å². The number of piperidine rings is 1. The van der Waals surface area contributed by atoms with Crippen LogP contribution in [-0.2, 0) is 0 Å². The first-order valence-corrected chi connectivity index (χ1v) is 7.34. The molecule has 5 nitrogen and oxygen atoms in total. The fourth-order valence-corrected chi connectivity index (χ4v) is 2.78. The molecule has 1 fully saturated rings. The van der Waals surface area contributed by atoms with Crippen LogP contribution in [0.5, 0.6) is 0 Å². The van der Waals surface area contributed by atoms with E-state index < -0.39 is 0 Å². The third kappa shape index (κ3) is 2.24. The first-order valence-electron chi connectivity index (χ1n) is 7.34. The molecule has 0 aliphatic carbocycles. The summed E-state index contributed by atoms with van der Waals surface area (Å²) in [5, 5.41) is 0. The summed E-state index contributed by atoms with van der Waals surface area (Å²) in [6.45, 7) is 2.05. The Morgan fingerprint density at radius 2 is 1.76 bits per heavy atom. The van der Waals surface area contributed by atoms with Gasteiger partial charge in [0.15, 0.2) is 11.3 Å². The minimum atomic E-state index is 0.560. The van der Waals surface area contributed by atoms with Gasteiger partial charge in [0.05, 0.1) is 0 Å². The summed E-state index contributed by atoms with van der Waals surface area (Å²) < 4.78 is 5.80. The van der Waals surface area contributed by atoms with Gasteiger partial charge in [-0.3, -0.25) is 0 Å². The van der Waals surface area contributed by atoms with E-state index in [-0.39, 0.29) is 0 Å². The molecule has 21 heavy (non-hydrogen) atoms. The molecule has 1 aromatic carbocycles. The monoisotopic (exact) mass is 280 g/mol. The number of hydrogen-bond donors (Lipinski definition) is 0. The van der Waals surface area contributed by atoms with Gasteiger partial charge in [-0.2, -0.15) is 4.98 Å². The van der Waals surface area contributed by atoms with Gasteiger partial charge in [-0.05, 0) is 31.4 Å². The fraction of sp³-hybridized carbons (Fsp3) is 0.312. The summed E-state index contributed by atoms with van der Waals surface area (Å²) in [7, 11) is 0. The minimum absolute atomic E-state index is 0.560. The Kier molecular flexibility index (Phi) is 3.03. The van der Waals surface area contributed by atoms with Crippen LogP contribution in [-0.4, -0.2) is 28.0 Å². The molecule has 1 aliphatic rings. The van der Waals surface area contributed by atoms with E-state index in [0.29, 0.717) is 11.6 Å². The Balaban J connectivity index is 1.80. The number of oxazole rings is 1. The first kappa shape index (κ1) is 12.3. The van der Waals surface area contributed by atoms with E-state index in [1.807, 2.05) is 30.3 Å². The van der Waals surface area contributed by atoms with Crippen LogP contribution in [0.3, 0.4) is 0 Å². The van der Waals surface area contributed by atoms with E-state index in [0.717, 1.165) is 30.0 Å². The van der Waals surface area contributed by atoms with Crippen molar-refractivity contribution in [3.05, 3.63) is 36.7 Å². The molecule has 0 saturated carbocycles. The van der Waals surface area contributed by atoms with Crippen molar-refractivity contribution in [1.29, 1.82) is 0 Å². The maximum absolute atomic E-state index is 5.80. The summed E-state index contributed by atoms with van der Waals surface area (Å²) in [4.78, 5) is 15.6. The van der Waals surface area contributed by atoms with E-state index in [1.165, 1.54) is 19.3 Å². The molecular formula is C16H16N4O. The molecule has 106 valence electrons. The van der Waals surface area contributed by atoms with Crippen molar-refractivity contribution in [1.82, 2.24) is 15.0 Å². The zero-order valence-corrected chi connectivity index (χ0v) is 11.7. The average Bonchev–Trinajstić information content (AvgIpc) is 3.00. The van der Waals surface area contributed by atoms with E-state index in [4.69, 9.17) is 4.42 Å². The molecule has 0 N–H and O–H groups in total. The fourth-order valence-electron chi connectivity index (χ4n) is 2.78. The topological polar surface area (TPSA) is 55.1 Å². The Hall–Kier alpha value is -2.43. The van der Waals surface area contributed by atoms with Gasteiger partial charge in [-0.25, -0.2) is 9.97 Å². The number of anilines is 1. The third-order valence-corrected chi connectivity index (χ3v) is 3.85. The molecule has 1 saturated heterocycles. The van der Waals surface area contributed by atoms with Gasteiger partial charge < -0.3 is 9.32 Å². The van der Waals surface area contributed by atoms with E-state index in [9.17, 15) is 0 Å². The highest BCUT2D eigenvalue weighted by molar-refractivity contribution is 5.83. The highest BCUT2D eigenvalue weighted by Crippen LogP contribution is 2.29. The normalized spacial score (nSPS) is 15.5. The minimum Gasteiger partial charge on any atom is -0.417 e. The number of aromatic nitrogens is 3. The van der Waals surface area contributed by atoms with Crippen LogP contribution >= 0.6 is 0 Å². The maximum Gasteiger partial charge on any atom is 0.252 e. The summed E-state index contributed by atoms with van der Waals surface area (Å²) >= 11 is 0. The summed E-state index contributed by atoms with van der Waals surface area (Å²) in [6, 6.07) is 9.89. The van der Waals surface area contributed by atoms with Gasteiger partial charge in [0.25, 0.3) is 5.71 Å². The molecule has 0 bridgehead atoms. The largest absolute Gasteiger partial charge is 0.417 e. The Morgan fingerprint density at radius 1 is 0.952 bits per heavy atom. The lowest BCUT2D eigenvalue weighted by Gasteiger charge is -2.27. The van der Waals surface area contributed by atoms with E-state index in [2.05, 4.69) is 19.9 Å². The molecule has 4 rings (SSSR count). The number of benzene rings is 1. The van der Waals surface area contributed by atoms with Gasteiger partial charge in [0.2, 0.25) is 5.89 Å². The quantitative estimate of drug-likeness (QED) is 0.721. The first-order chi connectivity index (χ1) is 10.4. The summed E-state index contributed by atoms with van der Waals surface area (Å²) in [5.74, 6) is 1.50. The van der Waals surface area contributed by atoms with Crippen LogP contribution in [0.4, 0.5) is 5.82 Å². The molecule has 0 amide bonds. The van der Waals surface area contributed by atoms with Gasteiger partial charge in [-0.1, -0.05) is 18.2 Å². The molecule has 3 heterocycles. The predicted octanol–water partition coefficient (Wildman–Crippen LogP) is 3.28. The molecule has 2 aromatic heterocycles. The smallest absolute Gasteiger partial charge is 0.252 e. The lowest BCUT2D eigenvalue weighted by molar-refractivity contribution is 0.573. The zero-order valence-electron chi connectivity index (χ0n) is 11.7. The Bertz CT molecular complexity index is 747. The third-order valence-electron chi connectivity index (χ3n) is 3.85. The molecule has 0 spiro atoms. The number of nitrogens with zero attached hydrogens (tertiary/aromatic N) is 4. The van der Waals surface area contributed by atoms with Crippen LogP contribution in [0.25, 0.3) is 22.7 Å². The highest BCUT2D eigenvalue weighted by Gasteiger charge is 2.19. The molecule has 0 atom stereocenters. The number of rotatable bonds is 2. The molecule has 0 radical (unpaired) electrons. The van der Waals surface area contributed by atoms with E-state index in [1.54, 1.807) is 6.33 Å². The van der Waals surface area contributed by atoms with E-state index >= 15 is 0 Å². The lowest BCUT2D eigenvalue weighted by atomic mass is 10.1. The van der Waals surface area contributed by atoms with Gasteiger partial charge in [-0.15, -0.1) is 0 Å². The average molecular weight is 280 g/mol. The summed E-state index contributed by atoms with van der Waals surface area (Å²) in [6.07, 6.45) is 5.26. The summed E-state index contributed by atoms with van der Waals surface area (Å²) in [5.41, 5.74) is 2.28. The van der Waals surface area contributed by atoms with Gasteiger partial charge in [0.1, 0.15) is 6.33 Å². The maximum atomic E-state index is 5.80. The van der Waals surface area contributed by atoms with Crippen molar-refractivity contribution >= 4 is 17.0 Å². The number of fused-ring (bicyclic) bond motifs is 1. The molecule has 3 aromatic rings. The second kappa shape index (κ2) is 5.16. The van der Waals surface area contributed by atoms with Crippen LogP contribution in [0, 0.1) is 0 Å². The Labute approximate surface area is 122 Å². The van der Waals surface area contributed by atoms with Crippen molar-refractivity contribution in [2.75, 3.05) is 18.0 Å². The lowest BCUT2D eigenvalue weighted by Crippen LogP contribution is -2.30. The van der Waals surface area contributed by atoms with Crippen LogP contribution in [0.2, 0.25) is 0 Å². The predicted molar refractivity (Wildman–Crippen MR) is 81.1 cm³/mol. The standard InChI is InChI=1S/C16H16N4O/c1-3-7-12(8-4-1)15-19-13-14(17-11-18-16(13)21-15)20-9-5-2-6-10-20/h1,3-4,7-8,11H,2,5-6,9-10H2. The van der Waals surface area contributed by atoms with Gasteiger partial charge in [0, 0.05) is 18.7 Å². The molecule has 5 heteroatoms. The second-order valence-corrected chi connectivity index (χ2v) is 5.28. The van der Waals surface area contributed by atoms with Crippen molar-refractivity contribution < 1.29 is 4.42 Å². The molecule has 1 aliphatic heterocycles. The van der Waals surface area contributed by atoms with Crippen LogP contribution in [0.1, 0.15) is 19.3 Å². The zero-order chi connectivity index (χ0) is 14.1. The van der Waals surface area contributed by atoms with Crippen molar-refractivity contribution in [3.63, 3.8) is 0 Å². The van der Waals surface area contributed by atoms with Crippen LogP contribution < -0.4 is 4.90 Å². The Morgan fingerprint density at radius 3 is 2.57 bits per heavy atom. The van der Waals surface area contributed by atoms with Crippen LogP contribution in [0.15, 0.2) is 41.1 Å². The SMILES string of the molecule is c1ccc(-c2nc3c(N4CCCCC4)ncnc3o2)cc1. The highest BCUT2D eigenvalue weighted by atomic mass is 16.4. The van der Waals surface area contributed by atoms with Crippen molar-refractivity contribution in [3.8, 4) is 11.5 Å².